The highest BCUT2D eigenvalue weighted by Crippen LogP contribution is 2.14. The maximum Gasteiger partial charge on any atom is 0.407 e. The number of nitrogens with one attached hydrogen (secondary N) is 3. The number of amides is 1. The molecule has 1 amide bonds. The van der Waals surface area contributed by atoms with Crippen molar-refractivity contribution in [3.05, 3.63) is 0 Å². The zero-order valence-corrected chi connectivity index (χ0v) is 16.7. The average molecular weight is 356 g/mol. The van der Waals surface area contributed by atoms with Crippen LogP contribution in [0.3, 0.4) is 0 Å². The Morgan fingerprint density at radius 3 is 2.32 bits per heavy atom. The molecule has 0 spiro atoms. The van der Waals surface area contributed by atoms with Gasteiger partial charge in [-0.15, -0.1) is 0 Å². The Labute approximate surface area is 153 Å². The predicted octanol–water partition coefficient (Wildman–Crippen LogP) is 1.94. The number of hydrogen-bond acceptors (Lipinski definition) is 4. The van der Waals surface area contributed by atoms with E-state index in [1.807, 2.05) is 27.7 Å². The molecule has 1 fully saturated rings. The Morgan fingerprint density at radius 1 is 1.12 bits per heavy atom. The van der Waals surface area contributed by atoms with E-state index in [2.05, 4.69) is 27.8 Å². The molecule has 1 heterocycles. The van der Waals surface area contributed by atoms with Crippen LogP contribution in [-0.4, -0.2) is 67.9 Å². The molecule has 146 valence electrons. The number of alkyl carbamates (subject to hydrolysis) is 1. The van der Waals surface area contributed by atoms with Crippen molar-refractivity contribution in [3.63, 3.8) is 0 Å². The lowest BCUT2D eigenvalue weighted by Gasteiger charge is -2.25. The van der Waals surface area contributed by atoms with E-state index < -0.39 is 11.7 Å². The van der Waals surface area contributed by atoms with Crippen LogP contribution in [0.4, 0.5) is 4.79 Å². The first-order chi connectivity index (χ1) is 11.9. The van der Waals surface area contributed by atoms with E-state index in [-0.39, 0.29) is 0 Å². The van der Waals surface area contributed by atoms with Crippen LogP contribution >= 0.6 is 0 Å². The molecule has 1 atom stereocenters. The summed E-state index contributed by atoms with van der Waals surface area (Å²) in [5.41, 5.74) is -0.474. The highest BCUT2D eigenvalue weighted by Gasteiger charge is 2.20. The quantitative estimate of drug-likeness (QED) is 0.352. The molecular weight excluding hydrogens is 318 g/mol. The molecule has 0 saturated carbocycles. The molecule has 1 rings (SSSR count). The standard InChI is InChI=1S/C18H37N5O2/c1-6-15(23-12-8-9-13-23)14-22-16(19-7-2)20-10-11-21-17(24)25-18(3,4)5/h15H,6-14H2,1-5H3,(H,21,24)(H2,19,20,22). The van der Waals surface area contributed by atoms with Crippen LogP contribution in [0, 0.1) is 0 Å². The molecular formula is C18H37N5O2. The lowest BCUT2D eigenvalue weighted by molar-refractivity contribution is 0.0529. The van der Waals surface area contributed by atoms with Crippen molar-refractivity contribution < 1.29 is 9.53 Å². The van der Waals surface area contributed by atoms with Gasteiger partial charge in [-0.2, -0.15) is 0 Å². The van der Waals surface area contributed by atoms with E-state index >= 15 is 0 Å². The van der Waals surface area contributed by atoms with Crippen LogP contribution in [0.5, 0.6) is 0 Å². The SMILES string of the molecule is CCNC(=NCC(CC)N1CCCC1)NCCNC(=O)OC(C)(C)C. The van der Waals surface area contributed by atoms with E-state index in [0.717, 1.165) is 25.5 Å². The highest BCUT2D eigenvalue weighted by atomic mass is 16.6. The van der Waals surface area contributed by atoms with Crippen molar-refractivity contribution >= 4 is 12.1 Å². The van der Waals surface area contributed by atoms with Gasteiger partial charge in [0.2, 0.25) is 0 Å². The number of carbonyl (C=O) groups is 1. The summed E-state index contributed by atoms with van der Waals surface area (Å²) in [7, 11) is 0. The zero-order chi connectivity index (χ0) is 18.7. The topological polar surface area (TPSA) is 78.0 Å². The van der Waals surface area contributed by atoms with Gasteiger partial charge in [-0.25, -0.2) is 4.79 Å². The van der Waals surface area contributed by atoms with Gasteiger partial charge in [0.15, 0.2) is 5.96 Å². The number of guanidine groups is 1. The molecule has 0 aromatic heterocycles. The van der Waals surface area contributed by atoms with Crippen LogP contribution in [0.15, 0.2) is 4.99 Å². The van der Waals surface area contributed by atoms with Crippen LogP contribution in [0.25, 0.3) is 0 Å². The molecule has 1 unspecified atom stereocenters. The third-order valence-corrected chi connectivity index (χ3v) is 4.02. The van der Waals surface area contributed by atoms with Crippen molar-refractivity contribution in [1.29, 1.82) is 0 Å². The smallest absolute Gasteiger partial charge is 0.407 e. The number of ether oxygens (including phenoxy) is 1. The Kier molecular flexibility index (Phi) is 9.63. The van der Waals surface area contributed by atoms with Gasteiger partial charge in [0.25, 0.3) is 0 Å². The van der Waals surface area contributed by atoms with Gasteiger partial charge < -0.3 is 20.7 Å². The molecule has 0 aliphatic carbocycles. The number of carbonyl (C=O) groups excluding carboxylic acids is 1. The van der Waals surface area contributed by atoms with Gasteiger partial charge in [0.1, 0.15) is 5.60 Å². The number of aliphatic imine (C=N–C) groups is 1. The van der Waals surface area contributed by atoms with Crippen LogP contribution in [0.1, 0.15) is 53.9 Å². The first-order valence-corrected chi connectivity index (χ1v) is 9.58. The van der Waals surface area contributed by atoms with Gasteiger partial charge in [-0.3, -0.25) is 9.89 Å². The summed E-state index contributed by atoms with van der Waals surface area (Å²) in [6.07, 6.45) is 3.32. The summed E-state index contributed by atoms with van der Waals surface area (Å²) in [5.74, 6) is 0.797. The van der Waals surface area contributed by atoms with Crippen molar-refractivity contribution in [1.82, 2.24) is 20.9 Å². The largest absolute Gasteiger partial charge is 0.444 e. The summed E-state index contributed by atoms with van der Waals surface area (Å²) in [6.45, 7) is 14.9. The van der Waals surface area contributed by atoms with Crippen molar-refractivity contribution in [2.75, 3.05) is 39.3 Å². The van der Waals surface area contributed by atoms with Crippen LogP contribution < -0.4 is 16.0 Å². The number of rotatable bonds is 8. The van der Waals surface area contributed by atoms with E-state index in [1.54, 1.807) is 0 Å². The molecule has 1 aliphatic heterocycles. The van der Waals surface area contributed by atoms with Crippen molar-refractivity contribution in [2.24, 2.45) is 4.99 Å². The van der Waals surface area contributed by atoms with Crippen LogP contribution in [0.2, 0.25) is 0 Å². The van der Waals surface area contributed by atoms with Gasteiger partial charge in [-0.05, 0) is 60.0 Å². The second-order valence-electron chi connectivity index (χ2n) is 7.38. The fourth-order valence-corrected chi connectivity index (χ4v) is 2.81. The molecule has 1 aliphatic rings. The first kappa shape index (κ1) is 21.5. The molecule has 25 heavy (non-hydrogen) atoms. The molecule has 0 radical (unpaired) electrons. The lowest BCUT2D eigenvalue weighted by Crippen LogP contribution is -2.43. The second-order valence-corrected chi connectivity index (χ2v) is 7.38. The monoisotopic (exact) mass is 355 g/mol. The fourth-order valence-electron chi connectivity index (χ4n) is 2.81. The van der Waals surface area contributed by atoms with Gasteiger partial charge in [0, 0.05) is 25.7 Å². The normalized spacial score (nSPS) is 17.2. The van der Waals surface area contributed by atoms with Crippen LogP contribution in [-0.2, 0) is 4.74 Å². The molecule has 0 bridgehead atoms. The lowest BCUT2D eigenvalue weighted by atomic mass is 10.2. The van der Waals surface area contributed by atoms with E-state index in [4.69, 9.17) is 9.73 Å². The summed E-state index contributed by atoms with van der Waals surface area (Å²) < 4.78 is 5.21. The summed E-state index contributed by atoms with van der Waals surface area (Å²) in [5, 5.41) is 9.26. The molecule has 7 heteroatoms. The Balaban J connectivity index is 2.36. The van der Waals surface area contributed by atoms with Crippen molar-refractivity contribution in [2.45, 2.75) is 65.5 Å². The minimum atomic E-state index is -0.474. The van der Waals surface area contributed by atoms with E-state index in [9.17, 15) is 4.79 Å². The second kappa shape index (κ2) is 11.2. The molecule has 1 saturated heterocycles. The van der Waals surface area contributed by atoms with E-state index in [0.29, 0.717) is 19.1 Å². The maximum atomic E-state index is 11.6. The van der Waals surface area contributed by atoms with E-state index in [1.165, 1.54) is 25.9 Å². The molecule has 3 N–H and O–H groups in total. The minimum Gasteiger partial charge on any atom is -0.444 e. The minimum absolute atomic E-state index is 0.392. The van der Waals surface area contributed by atoms with Gasteiger partial charge in [0.05, 0.1) is 6.54 Å². The average Bonchev–Trinajstić information content (AvgIpc) is 3.04. The summed E-state index contributed by atoms with van der Waals surface area (Å²) in [6, 6.07) is 0.512. The number of hydrogen-bond donors (Lipinski definition) is 3. The number of likely N-dealkylation sites (tertiary alicyclic amines) is 1. The van der Waals surface area contributed by atoms with Gasteiger partial charge in [-0.1, -0.05) is 6.92 Å². The zero-order valence-electron chi connectivity index (χ0n) is 16.7. The fraction of sp³-hybridized carbons (Fsp3) is 0.889. The summed E-state index contributed by atoms with van der Waals surface area (Å²) >= 11 is 0. The van der Waals surface area contributed by atoms with Crippen molar-refractivity contribution in [3.8, 4) is 0 Å². The Morgan fingerprint density at radius 2 is 1.76 bits per heavy atom. The Hall–Kier alpha value is -1.50. The van der Waals surface area contributed by atoms with Gasteiger partial charge >= 0.3 is 6.09 Å². The number of nitrogens with zero attached hydrogens (tertiary/aromatic N) is 2. The predicted molar refractivity (Wildman–Crippen MR) is 103 cm³/mol. The highest BCUT2D eigenvalue weighted by molar-refractivity contribution is 5.79. The molecule has 7 nitrogen and oxygen atoms in total. The third kappa shape index (κ3) is 9.53. The third-order valence-electron chi connectivity index (χ3n) is 4.02. The summed E-state index contributed by atoms with van der Waals surface area (Å²) in [4.78, 5) is 18.9. The first-order valence-electron chi connectivity index (χ1n) is 9.58. The maximum absolute atomic E-state index is 11.6. The molecule has 0 aromatic carbocycles. The molecule has 0 aromatic rings. The Bertz CT molecular complexity index is 414.